The van der Waals surface area contributed by atoms with Crippen LogP contribution in [0.2, 0.25) is 0 Å². The van der Waals surface area contributed by atoms with Gasteiger partial charge in [-0.25, -0.2) is 0 Å². The topological polar surface area (TPSA) is 34.0 Å². The number of rotatable bonds is 4. The van der Waals surface area contributed by atoms with Crippen LogP contribution in [0.15, 0.2) is 18.5 Å². The molecule has 1 N–H and O–H groups in total. The zero-order chi connectivity index (χ0) is 14.2. The largest absolute Gasteiger partial charge is 0.351 e. The Bertz CT molecular complexity index is 615. The maximum Gasteiger partial charge on any atom is 0.261 e. The SMILES string of the molecule is O=C(NCC1CCCCC1)c1cc2cn(C3CC3)cc2s1. The first kappa shape index (κ1) is 13.4. The number of hydrogen-bond donors (Lipinski definition) is 1. The Morgan fingerprint density at radius 2 is 2.00 bits per heavy atom. The lowest BCUT2D eigenvalue weighted by Crippen LogP contribution is -2.29. The van der Waals surface area contributed by atoms with Crippen molar-refractivity contribution in [3.8, 4) is 0 Å². The summed E-state index contributed by atoms with van der Waals surface area (Å²) in [5, 5.41) is 4.35. The fraction of sp³-hybridized carbons (Fsp3) is 0.588. The molecule has 2 fully saturated rings. The third kappa shape index (κ3) is 2.86. The number of fused-ring (bicyclic) bond motifs is 1. The van der Waals surface area contributed by atoms with Gasteiger partial charge in [-0.3, -0.25) is 4.79 Å². The maximum absolute atomic E-state index is 12.3. The second-order valence-corrected chi connectivity index (χ2v) is 7.66. The normalized spacial score (nSPS) is 20.0. The Hall–Kier alpha value is -1.29. The van der Waals surface area contributed by atoms with E-state index in [-0.39, 0.29) is 5.91 Å². The number of aromatic nitrogens is 1. The fourth-order valence-electron chi connectivity index (χ4n) is 3.37. The third-order valence-corrected chi connectivity index (χ3v) is 5.90. The van der Waals surface area contributed by atoms with E-state index in [1.54, 1.807) is 11.3 Å². The van der Waals surface area contributed by atoms with Crippen LogP contribution < -0.4 is 5.32 Å². The molecule has 0 unspecified atom stereocenters. The van der Waals surface area contributed by atoms with Gasteiger partial charge in [0, 0.05) is 30.4 Å². The van der Waals surface area contributed by atoms with Crippen LogP contribution in [0.25, 0.3) is 10.1 Å². The number of thiophene rings is 1. The van der Waals surface area contributed by atoms with Gasteiger partial charge in [-0.15, -0.1) is 11.3 Å². The molecule has 4 rings (SSSR count). The molecular formula is C17H22N2OS. The number of nitrogens with zero attached hydrogens (tertiary/aromatic N) is 1. The van der Waals surface area contributed by atoms with E-state index in [4.69, 9.17) is 0 Å². The van der Waals surface area contributed by atoms with Crippen LogP contribution in [0.4, 0.5) is 0 Å². The van der Waals surface area contributed by atoms with Crippen molar-refractivity contribution in [3.05, 3.63) is 23.3 Å². The molecule has 0 bridgehead atoms. The minimum absolute atomic E-state index is 0.111. The van der Waals surface area contributed by atoms with Crippen LogP contribution >= 0.6 is 11.3 Å². The minimum atomic E-state index is 0.111. The highest BCUT2D eigenvalue weighted by molar-refractivity contribution is 7.20. The summed E-state index contributed by atoms with van der Waals surface area (Å²) in [6.07, 6.45) is 13.6. The van der Waals surface area contributed by atoms with Crippen molar-refractivity contribution in [2.24, 2.45) is 5.92 Å². The minimum Gasteiger partial charge on any atom is -0.351 e. The molecule has 112 valence electrons. The number of carbonyl (C=O) groups excluding carboxylic acids is 1. The standard InChI is InChI=1S/C17H22N2OS/c20-17(18-9-12-4-2-1-3-5-12)15-8-13-10-19(14-6-7-14)11-16(13)21-15/h8,10-12,14H,1-7,9H2,(H,18,20). The molecule has 0 aromatic carbocycles. The van der Waals surface area contributed by atoms with Gasteiger partial charge in [-0.05, 0) is 37.7 Å². The zero-order valence-corrected chi connectivity index (χ0v) is 13.1. The molecule has 2 aromatic heterocycles. The summed E-state index contributed by atoms with van der Waals surface area (Å²) in [6.45, 7) is 0.850. The second-order valence-electron chi connectivity index (χ2n) is 6.58. The predicted molar refractivity (Wildman–Crippen MR) is 87.0 cm³/mol. The van der Waals surface area contributed by atoms with E-state index in [1.807, 2.05) is 0 Å². The Labute approximate surface area is 129 Å². The predicted octanol–water partition coefficient (Wildman–Crippen LogP) is 4.35. The van der Waals surface area contributed by atoms with Crippen LogP contribution in [0, 0.1) is 5.92 Å². The summed E-state index contributed by atoms with van der Waals surface area (Å²) < 4.78 is 3.55. The third-order valence-electron chi connectivity index (χ3n) is 4.81. The average molecular weight is 302 g/mol. The van der Waals surface area contributed by atoms with Crippen molar-refractivity contribution in [2.45, 2.75) is 51.0 Å². The zero-order valence-electron chi connectivity index (χ0n) is 12.3. The number of hydrogen-bond acceptors (Lipinski definition) is 2. The fourth-order valence-corrected chi connectivity index (χ4v) is 4.36. The molecule has 0 aliphatic heterocycles. The molecule has 3 nitrogen and oxygen atoms in total. The van der Waals surface area contributed by atoms with Crippen LogP contribution in [-0.2, 0) is 0 Å². The smallest absolute Gasteiger partial charge is 0.261 e. The van der Waals surface area contributed by atoms with Gasteiger partial charge in [-0.1, -0.05) is 19.3 Å². The first-order valence-electron chi connectivity index (χ1n) is 8.19. The van der Waals surface area contributed by atoms with E-state index < -0.39 is 0 Å². The van der Waals surface area contributed by atoms with E-state index in [1.165, 1.54) is 55.0 Å². The van der Waals surface area contributed by atoms with Crippen molar-refractivity contribution in [3.63, 3.8) is 0 Å². The molecule has 0 spiro atoms. The molecule has 2 saturated carbocycles. The summed E-state index contributed by atoms with van der Waals surface area (Å²) in [6, 6.07) is 2.77. The van der Waals surface area contributed by atoms with Crippen LogP contribution in [-0.4, -0.2) is 17.0 Å². The van der Waals surface area contributed by atoms with Crippen molar-refractivity contribution in [1.82, 2.24) is 9.88 Å². The molecule has 4 heteroatoms. The first-order chi connectivity index (χ1) is 10.3. The van der Waals surface area contributed by atoms with E-state index in [9.17, 15) is 4.79 Å². The molecule has 0 radical (unpaired) electrons. The van der Waals surface area contributed by atoms with Crippen LogP contribution in [0.1, 0.15) is 60.7 Å². The molecule has 1 amide bonds. The van der Waals surface area contributed by atoms with Gasteiger partial charge in [0.15, 0.2) is 0 Å². The van der Waals surface area contributed by atoms with Gasteiger partial charge < -0.3 is 9.88 Å². The highest BCUT2D eigenvalue weighted by Gasteiger charge is 2.24. The van der Waals surface area contributed by atoms with Gasteiger partial charge in [0.05, 0.1) is 9.58 Å². The molecule has 2 heterocycles. The van der Waals surface area contributed by atoms with E-state index >= 15 is 0 Å². The summed E-state index contributed by atoms with van der Waals surface area (Å²) in [5.74, 6) is 0.803. The van der Waals surface area contributed by atoms with Crippen molar-refractivity contribution < 1.29 is 4.79 Å². The molecule has 21 heavy (non-hydrogen) atoms. The van der Waals surface area contributed by atoms with Gasteiger partial charge in [0.25, 0.3) is 5.91 Å². The number of nitrogens with one attached hydrogen (secondary N) is 1. The van der Waals surface area contributed by atoms with Crippen molar-refractivity contribution in [1.29, 1.82) is 0 Å². The lowest BCUT2D eigenvalue weighted by Gasteiger charge is -2.21. The quantitative estimate of drug-likeness (QED) is 0.895. The monoisotopic (exact) mass is 302 g/mol. The molecule has 2 aliphatic carbocycles. The molecule has 2 aliphatic rings. The lowest BCUT2D eigenvalue weighted by atomic mass is 9.89. The molecular weight excluding hydrogens is 280 g/mol. The number of amides is 1. The second kappa shape index (κ2) is 5.48. The van der Waals surface area contributed by atoms with Gasteiger partial charge in [-0.2, -0.15) is 0 Å². The van der Waals surface area contributed by atoms with Crippen molar-refractivity contribution >= 4 is 27.3 Å². The van der Waals surface area contributed by atoms with Crippen LogP contribution in [0.3, 0.4) is 0 Å². The Morgan fingerprint density at radius 1 is 1.19 bits per heavy atom. The van der Waals surface area contributed by atoms with E-state index in [0.29, 0.717) is 12.0 Å². The van der Waals surface area contributed by atoms with E-state index in [0.717, 1.165) is 11.4 Å². The Kier molecular flexibility index (Phi) is 3.49. The summed E-state index contributed by atoms with van der Waals surface area (Å²) in [5.41, 5.74) is 0. The summed E-state index contributed by atoms with van der Waals surface area (Å²) in [4.78, 5) is 13.1. The number of carbonyl (C=O) groups is 1. The highest BCUT2D eigenvalue weighted by atomic mass is 32.1. The summed E-state index contributed by atoms with van der Waals surface area (Å²) in [7, 11) is 0. The Morgan fingerprint density at radius 3 is 2.71 bits per heavy atom. The van der Waals surface area contributed by atoms with Crippen LogP contribution in [0.5, 0.6) is 0 Å². The lowest BCUT2D eigenvalue weighted by molar-refractivity contribution is 0.0947. The highest BCUT2D eigenvalue weighted by Crippen LogP contribution is 2.38. The maximum atomic E-state index is 12.3. The molecule has 0 saturated heterocycles. The van der Waals surface area contributed by atoms with Crippen molar-refractivity contribution in [2.75, 3.05) is 6.54 Å². The Balaban J connectivity index is 1.40. The van der Waals surface area contributed by atoms with Gasteiger partial charge in [0.1, 0.15) is 0 Å². The molecule has 0 atom stereocenters. The average Bonchev–Trinajstić information content (AvgIpc) is 3.16. The van der Waals surface area contributed by atoms with Gasteiger partial charge in [0.2, 0.25) is 0 Å². The van der Waals surface area contributed by atoms with E-state index in [2.05, 4.69) is 28.3 Å². The van der Waals surface area contributed by atoms with Gasteiger partial charge >= 0.3 is 0 Å². The molecule has 2 aromatic rings. The summed E-state index contributed by atoms with van der Waals surface area (Å²) >= 11 is 1.63. The first-order valence-corrected chi connectivity index (χ1v) is 9.00.